The molecule has 0 saturated heterocycles. The van der Waals surface area contributed by atoms with Crippen LogP contribution in [0.4, 0.5) is 0 Å². The minimum absolute atomic E-state index is 0.126. The molecule has 0 fully saturated rings. The van der Waals surface area contributed by atoms with Crippen LogP contribution >= 0.6 is 31.9 Å². The van der Waals surface area contributed by atoms with Gasteiger partial charge in [-0.15, -0.1) is 0 Å². The van der Waals surface area contributed by atoms with Crippen molar-refractivity contribution in [3.05, 3.63) is 29.3 Å². The van der Waals surface area contributed by atoms with Gasteiger partial charge in [-0.25, -0.2) is 0 Å². The summed E-state index contributed by atoms with van der Waals surface area (Å²) >= 11 is 6.87. The van der Waals surface area contributed by atoms with Crippen molar-refractivity contribution in [2.75, 3.05) is 10.7 Å². The number of phenolic OH excluding ortho intramolecular Hbond substituents is 1. The van der Waals surface area contributed by atoms with Crippen LogP contribution < -0.4 is 5.32 Å². The molecule has 1 rings (SSSR count). The van der Waals surface area contributed by atoms with Crippen molar-refractivity contribution in [2.24, 2.45) is 0 Å². The van der Waals surface area contributed by atoms with Crippen molar-refractivity contribution >= 4 is 37.8 Å². The molecular weight excluding hydrogens is 362 g/mol. The number of phenols is 1. The summed E-state index contributed by atoms with van der Waals surface area (Å²) in [6, 6.07) is 4.86. The number of amides is 1. The molecule has 0 aromatic heterocycles. The minimum Gasteiger partial charge on any atom is -0.508 e. The Morgan fingerprint density at radius 2 is 2.00 bits per heavy atom. The number of nitrogens with one attached hydrogen (secondary N) is 1. The van der Waals surface area contributed by atoms with Crippen molar-refractivity contribution in [2.45, 2.75) is 25.8 Å². The maximum absolute atomic E-state index is 12.2. The molecule has 1 aromatic rings. The predicted octanol–water partition coefficient (Wildman–Crippen LogP) is 3.37. The van der Waals surface area contributed by atoms with Crippen LogP contribution in [0.1, 0.15) is 29.3 Å². The second-order valence-corrected chi connectivity index (χ2v) is 5.48. The van der Waals surface area contributed by atoms with Gasteiger partial charge in [0.05, 0.1) is 5.54 Å². The molecule has 0 unspecified atom stereocenters. The minimum atomic E-state index is -0.289. The van der Waals surface area contributed by atoms with Gasteiger partial charge in [0, 0.05) is 16.2 Å². The third-order valence-corrected chi connectivity index (χ3v) is 5.17. The Balaban J connectivity index is 2.90. The molecule has 0 radical (unpaired) electrons. The van der Waals surface area contributed by atoms with Gasteiger partial charge in [-0.1, -0.05) is 38.8 Å². The molecule has 0 aliphatic rings. The third-order valence-electron chi connectivity index (χ3n) is 3.03. The first-order chi connectivity index (χ1) is 8.48. The summed E-state index contributed by atoms with van der Waals surface area (Å²) in [4.78, 5) is 12.2. The fraction of sp³-hybridized carbons (Fsp3) is 0.462. The van der Waals surface area contributed by atoms with Crippen LogP contribution in [0.25, 0.3) is 0 Å². The lowest BCUT2D eigenvalue weighted by atomic mass is 10.0. The van der Waals surface area contributed by atoms with E-state index >= 15 is 0 Å². The van der Waals surface area contributed by atoms with Crippen molar-refractivity contribution in [3.8, 4) is 5.75 Å². The molecule has 1 aromatic carbocycles. The second kappa shape index (κ2) is 6.57. The van der Waals surface area contributed by atoms with Gasteiger partial charge in [-0.2, -0.15) is 0 Å². The highest BCUT2D eigenvalue weighted by molar-refractivity contribution is 9.09. The van der Waals surface area contributed by atoms with Crippen molar-refractivity contribution < 1.29 is 9.90 Å². The van der Waals surface area contributed by atoms with Crippen LogP contribution in [0.3, 0.4) is 0 Å². The molecule has 0 heterocycles. The van der Waals surface area contributed by atoms with Crippen LogP contribution in [0.2, 0.25) is 0 Å². The average Bonchev–Trinajstić information content (AvgIpc) is 2.39. The number of aromatic hydroxyl groups is 1. The normalized spacial score (nSPS) is 11.3. The van der Waals surface area contributed by atoms with Crippen LogP contribution in [0.5, 0.6) is 5.75 Å². The second-order valence-electron chi connectivity index (χ2n) is 4.36. The fourth-order valence-corrected chi connectivity index (χ4v) is 3.49. The van der Waals surface area contributed by atoms with E-state index in [-0.39, 0.29) is 17.2 Å². The average molecular weight is 379 g/mol. The highest BCUT2D eigenvalue weighted by Crippen LogP contribution is 2.20. The monoisotopic (exact) mass is 377 g/mol. The van der Waals surface area contributed by atoms with E-state index in [2.05, 4.69) is 37.2 Å². The first-order valence-corrected chi connectivity index (χ1v) is 7.96. The molecule has 0 atom stereocenters. The standard InChI is InChI=1S/C13H17Br2NO2/c1-3-13(7-14,8-15)16-12(18)10-4-5-11(17)9(2)6-10/h4-6,17H,3,7-8H2,1-2H3,(H,16,18). The van der Waals surface area contributed by atoms with E-state index in [4.69, 9.17) is 0 Å². The highest BCUT2D eigenvalue weighted by Gasteiger charge is 2.28. The first kappa shape index (κ1) is 15.5. The van der Waals surface area contributed by atoms with Crippen molar-refractivity contribution in [3.63, 3.8) is 0 Å². The van der Waals surface area contributed by atoms with E-state index in [1.54, 1.807) is 25.1 Å². The molecular formula is C13H17Br2NO2. The molecule has 3 nitrogen and oxygen atoms in total. The van der Waals surface area contributed by atoms with Crippen LogP contribution in [0.15, 0.2) is 18.2 Å². The third kappa shape index (κ3) is 3.48. The Labute approximate surface area is 124 Å². The summed E-state index contributed by atoms with van der Waals surface area (Å²) in [5.74, 6) is 0.0770. The van der Waals surface area contributed by atoms with Gasteiger partial charge in [0.1, 0.15) is 5.75 Å². The molecule has 1 amide bonds. The van der Waals surface area contributed by atoms with E-state index in [1.807, 2.05) is 6.92 Å². The zero-order valence-corrected chi connectivity index (χ0v) is 13.6. The lowest BCUT2D eigenvalue weighted by Gasteiger charge is -2.30. The van der Waals surface area contributed by atoms with Crippen molar-refractivity contribution in [1.82, 2.24) is 5.32 Å². The Kier molecular flexibility index (Phi) is 5.66. The van der Waals surface area contributed by atoms with Gasteiger partial charge in [-0.3, -0.25) is 4.79 Å². The summed E-state index contributed by atoms with van der Waals surface area (Å²) < 4.78 is 0. The van der Waals surface area contributed by atoms with Crippen LogP contribution in [-0.4, -0.2) is 27.2 Å². The molecule has 0 saturated carbocycles. The zero-order valence-electron chi connectivity index (χ0n) is 10.5. The number of hydrogen-bond donors (Lipinski definition) is 2. The Morgan fingerprint density at radius 3 is 2.44 bits per heavy atom. The lowest BCUT2D eigenvalue weighted by molar-refractivity contribution is 0.0915. The van der Waals surface area contributed by atoms with Gasteiger partial charge >= 0.3 is 0 Å². The number of halogens is 2. The van der Waals surface area contributed by atoms with Gasteiger partial charge in [0.15, 0.2) is 0 Å². The molecule has 0 aliphatic heterocycles. The maximum atomic E-state index is 12.2. The highest BCUT2D eigenvalue weighted by atomic mass is 79.9. The topological polar surface area (TPSA) is 49.3 Å². The Hall–Kier alpha value is -0.550. The molecule has 0 spiro atoms. The number of alkyl halides is 2. The van der Waals surface area contributed by atoms with Gasteiger partial charge in [0.25, 0.3) is 5.91 Å². The Morgan fingerprint density at radius 1 is 1.39 bits per heavy atom. The number of rotatable bonds is 5. The van der Waals surface area contributed by atoms with E-state index in [0.29, 0.717) is 21.8 Å². The van der Waals surface area contributed by atoms with Crippen LogP contribution in [-0.2, 0) is 0 Å². The van der Waals surface area contributed by atoms with Gasteiger partial charge < -0.3 is 10.4 Å². The van der Waals surface area contributed by atoms with Gasteiger partial charge in [-0.05, 0) is 37.1 Å². The fourth-order valence-electron chi connectivity index (χ4n) is 1.49. The number of carbonyl (C=O) groups excluding carboxylic acids is 1. The number of aryl methyl sites for hydroxylation is 1. The summed E-state index contributed by atoms with van der Waals surface area (Å²) in [5, 5.41) is 13.8. The summed E-state index contributed by atoms with van der Waals surface area (Å²) in [7, 11) is 0. The van der Waals surface area contributed by atoms with Crippen molar-refractivity contribution in [1.29, 1.82) is 0 Å². The molecule has 0 aliphatic carbocycles. The number of carbonyl (C=O) groups is 1. The predicted molar refractivity (Wildman–Crippen MR) is 80.9 cm³/mol. The van der Waals surface area contributed by atoms with E-state index in [1.165, 1.54) is 0 Å². The Bertz CT molecular complexity index is 423. The smallest absolute Gasteiger partial charge is 0.251 e. The molecule has 5 heteroatoms. The number of hydrogen-bond acceptors (Lipinski definition) is 2. The molecule has 100 valence electrons. The summed E-state index contributed by atoms with van der Waals surface area (Å²) in [6.07, 6.45) is 0.826. The first-order valence-electron chi connectivity index (χ1n) is 5.72. The largest absolute Gasteiger partial charge is 0.508 e. The molecule has 2 N–H and O–H groups in total. The summed E-state index contributed by atoms with van der Waals surface area (Å²) in [5.41, 5.74) is 0.968. The van der Waals surface area contributed by atoms with E-state index in [9.17, 15) is 9.90 Å². The lowest BCUT2D eigenvalue weighted by Crippen LogP contribution is -2.51. The summed E-state index contributed by atoms with van der Waals surface area (Å²) in [6.45, 7) is 3.80. The van der Waals surface area contributed by atoms with E-state index in [0.717, 1.165) is 6.42 Å². The number of benzene rings is 1. The quantitative estimate of drug-likeness (QED) is 0.771. The van der Waals surface area contributed by atoms with Gasteiger partial charge in [0.2, 0.25) is 0 Å². The SMILES string of the molecule is CCC(CBr)(CBr)NC(=O)c1ccc(O)c(C)c1. The molecule has 0 bridgehead atoms. The van der Waals surface area contributed by atoms with Crippen LogP contribution in [0, 0.1) is 6.92 Å². The molecule has 18 heavy (non-hydrogen) atoms. The zero-order chi connectivity index (χ0) is 13.8. The maximum Gasteiger partial charge on any atom is 0.251 e. The van der Waals surface area contributed by atoms with E-state index < -0.39 is 0 Å².